The van der Waals surface area contributed by atoms with E-state index in [1.54, 1.807) is 0 Å². The Hall–Kier alpha value is -0.780. The van der Waals surface area contributed by atoms with Gasteiger partial charge in [0.25, 0.3) is 5.91 Å². The van der Waals surface area contributed by atoms with E-state index < -0.39 is 0 Å². The van der Waals surface area contributed by atoms with Crippen LogP contribution in [0.2, 0.25) is 0 Å². The van der Waals surface area contributed by atoms with Crippen LogP contribution in [-0.2, 0) is 0 Å². The van der Waals surface area contributed by atoms with Gasteiger partial charge in [-0.15, -0.1) is 0 Å². The summed E-state index contributed by atoms with van der Waals surface area (Å²) in [5.41, 5.74) is 0.774. The zero-order chi connectivity index (χ0) is 12.8. The second kappa shape index (κ2) is 4.40. The summed E-state index contributed by atoms with van der Waals surface area (Å²) in [6, 6.07) is 5.72. The molecule has 3 saturated carbocycles. The number of amides is 1. The van der Waals surface area contributed by atoms with Gasteiger partial charge in [0.2, 0.25) is 0 Å². The van der Waals surface area contributed by atoms with Gasteiger partial charge in [0.15, 0.2) is 0 Å². The normalized spacial score (nSPS) is 28.0. The molecule has 2 bridgehead atoms. The van der Waals surface area contributed by atoms with Crippen LogP contribution in [0.1, 0.15) is 36.5 Å². The molecular weight excluding hydrogens is 341 g/mol. The maximum Gasteiger partial charge on any atom is 0.255 e. The molecule has 18 heavy (non-hydrogen) atoms. The van der Waals surface area contributed by atoms with E-state index >= 15 is 0 Å². The minimum absolute atomic E-state index is 0.00741. The Balaban J connectivity index is 1.79. The first-order valence-corrected chi connectivity index (χ1v) is 7.45. The summed E-state index contributed by atoms with van der Waals surface area (Å²) in [4.78, 5) is 12.3. The fourth-order valence-electron chi connectivity index (χ4n) is 2.90. The van der Waals surface area contributed by atoms with Crippen LogP contribution in [0.4, 0.5) is 0 Å². The van der Waals surface area contributed by atoms with Crippen LogP contribution < -0.4 is 10.1 Å². The van der Waals surface area contributed by atoms with E-state index in [1.807, 2.05) is 25.1 Å². The zero-order valence-electron chi connectivity index (χ0n) is 10.3. The van der Waals surface area contributed by atoms with Crippen LogP contribution in [0.3, 0.4) is 0 Å². The number of hydrogen-bond acceptors (Lipinski definition) is 2. The minimum atomic E-state index is 0.00741. The summed E-state index contributed by atoms with van der Waals surface area (Å²) >= 11 is 2.23. The largest absolute Gasteiger partial charge is 0.493 e. The molecule has 0 spiro atoms. The monoisotopic (exact) mass is 357 g/mol. The molecule has 3 aliphatic carbocycles. The summed E-state index contributed by atoms with van der Waals surface area (Å²) in [5, 5.41) is 3.17. The summed E-state index contributed by atoms with van der Waals surface area (Å²) in [7, 11) is 0. The van der Waals surface area contributed by atoms with Crippen molar-refractivity contribution < 1.29 is 9.53 Å². The van der Waals surface area contributed by atoms with Crippen molar-refractivity contribution in [2.24, 2.45) is 5.92 Å². The van der Waals surface area contributed by atoms with E-state index in [0.717, 1.165) is 28.8 Å². The molecule has 0 atom stereocenters. The maximum atomic E-state index is 12.3. The topological polar surface area (TPSA) is 38.3 Å². The summed E-state index contributed by atoms with van der Waals surface area (Å²) in [6.07, 6.45) is 3.48. The molecule has 0 heterocycles. The van der Waals surface area contributed by atoms with E-state index in [2.05, 4.69) is 27.9 Å². The third-order valence-corrected chi connectivity index (χ3v) is 4.58. The van der Waals surface area contributed by atoms with Crippen LogP contribution in [0.15, 0.2) is 18.2 Å². The smallest absolute Gasteiger partial charge is 0.255 e. The third kappa shape index (κ3) is 2.00. The number of ether oxygens (including phenoxy) is 1. The van der Waals surface area contributed by atoms with Gasteiger partial charge in [-0.1, -0.05) is 0 Å². The molecule has 1 aromatic carbocycles. The van der Waals surface area contributed by atoms with Gasteiger partial charge in [0.1, 0.15) is 5.75 Å². The van der Waals surface area contributed by atoms with E-state index in [0.29, 0.717) is 17.9 Å². The zero-order valence-corrected chi connectivity index (χ0v) is 12.5. The summed E-state index contributed by atoms with van der Waals surface area (Å²) < 4.78 is 6.63. The standard InChI is InChI=1S/C14H16INO2/c1-2-18-12-5-10(15)3-4-11(12)13(17)16-14-6-9(7-14)8-14/h3-5,9H,2,6-8H2,1H3,(H,16,17). The molecule has 1 amide bonds. The van der Waals surface area contributed by atoms with Crippen LogP contribution in [0, 0.1) is 9.49 Å². The van der Waals surface area contributed by atoms with Crippen molar-refractivity contribution in [1.29, 1.82) is 0 Å². The molecule has 0 unspecified atom stereocenters. The van der Waals surface area contributed by atoms with Crippen molar-refractivity contribution in [2.45, 2.75) is 31.7 Å². The van der Waals surface area contributed by atoms with Crippen LogP contribution in [0.5, 0.6) is 5.75 Å². The number of hydrogen-bond donors (Lipinski definition) is 1. The molecule has 4 rings (SSSR count). The Labute approximate surface area is 120 Å². The Morgan fingerprint density at radius 2 is 2.22 bits per heavy atom. The Bertz CT molecular complexity index is 484. The Kier molecular flexibility index (Phi) is 3.00. The molecule has 96 valence electrons. The van der Waals surface area contributed by atoms with Crippen molar-refractivity contribution in [1.82, 2.24) is 5.32 Å². The second-order valence-electron chi connectivity index (χ2n) is 5.29. The van der Waals surface area contributed by atoms with Gasteiger partial charge in [-0.25, -0.2) is 0 Å². The molecule has 3 fully saturated rings. The van der Waals surface area contributed by atoms with E-state index in [9.17, 15) is 4.79 Å². The molecule has 3 aliphatic rings. The predicted molar refractivity (Wildman–Crippen MR) is 77.9 cm³/mol. The lowest BCUT2D eigenvalue weighted by Crippen LogP contribution is -2.68. The highest BCUT2D eigenvalue weighted by molar-refractivity contribution is 14.1. The predicted octanol–water partition coefficient (Wildman–Crippen LogP) is 2.97. The first-order valence-electron chi connectivity index (χ1n) is 6.37. The number of benzene rings is 1. The number of rotatable bonds is 4. The van der Waals surface area contributed by atoms with Crippen LogP contribution in [0.25, 0.3) is 0 Å². The number of carbonyl (C=O) groups is 1. The van der Waals surface area contributed by atoms with Gasteiger partial charge in [-0.05, 0) is 72.9 Å². The molecule has 0 radical (unpaired) electrons. The van der Waals surface area contributed by atoms with Crippen molar-refractivity contribution in [3.05, 3.63) is 27.3 Å². The van der Waals surface area contributed by atoms with Gasteiger partial charge in [-0.2, -0.15) is 0 Å². The quantitative estimate of drug-likeness (QED) is 0.842. The van der Waals surface area contributed by atoms with Crippen molar-refractivity contribution in [3.8, 4) is 5.75 Å². The van der Waals surface area contributed by atoms with Gasteiger partial charge in [0.05, 0.1) is 12.2 Å². The first-order chi connectivity index (χ1) is 8.62. The molecule has 0 aliphatic heterocycles. The first kappa shape index (κ1) is 12.3. The molecular formula is C14H16INO2. The van der Waals surface area contributed by atoms with Crippen molar-refractivity contribution in [2.75, 3.05) is 6.61 Å². The fourth-order valence-corrected chi connectivity index (χ4v) is 3.36. The molecule has 3 nitrogen and oxygen atoms in total. The van der Waals surface area contributed by atoms with Gasteiger partial charge >= 0.3 is 0 Å². The molecule has 1 N–H and O–H groups in total. The second-order valence-corrected chi connectivity index (χ2v) is 6.53. The highest BCUT2D eigenvalue weighted by Crippen LogP contribution is 2.57. The average Bonchev–Trinajstić information content (AvgIpc) is 2.22. The highest BCUT2D eigenvalue weighted by Gasteiger charge is 2.57. The van der Waals surface area contributed by atoms with Gasteiger partial charge < -0.3 is 10.1 Å². The molecule has 1 aromatic rings. The van der Waals surface area contributed by atoms with Gasteiger partial charge in [-0.3, -0.25) is 4.79 Å². The summed E-state index contributed by atoms with van der Waals surface area (Å²) in [6.45, 7) is 2.51. The van der Waals surface area contributed by atoms with E-state index in [-0.39, 0.29) is 11.4 Å². The van der Waals surface area contributed by atoms with Crippen LogP contribution >= 0.6 is 22.6 Å². The van der Waals surface area contributed by atoms with Crippen molar-refractivity contribution in [3.63, 3.8) is 0 Å². The minimum Gasteiger partial charge on any atom is -0.493 e. The van der Waals surface area contributed by atoms with E-state index in [4.69, 9.17) is 4.74 Å². The molecule has 0 saturated heterocycles. The lowest BCUT2D eigenvalue weighted by atomic mass is 9.50. The average molecular weight is 357 g/mol. The molecule has 4 heteroatoms. The Morgan fingerprint density at radius 3 is 2.78 bits per heavy atom. The maximum absolute atomic E-state index is 12.3. The number of nitrogens with one attached hydrogen (secondary N) is 1. The van der Waals surface area contributed by atoms with Gasteiger partial charge in [0, 0.05) is 9.11 Å². The van der Waals surface area contributed by atoms with Crippen LogP contribution in [-0.4, -0.2) is 18.1 Å². The Morgan fingerprint density at radius 1 is 1.50 bits per heavy atom. The highest BCUT2D eigenvalue weighted by atomic mass is 127. The lowest BCUT2D eigenvalue weighted by Gasteiger charge is -2.61. The fraction of sp³-hybridized carbons (Fsp3) is 0.500. The number of carbonyl (C=O) groups excluding carboxylic acids is 1. The summed E-state index contributed by atoms with van der Waals surface area (Å²) in [5.74, 6) is 1.56. The third-order valence-electron chi connectivity index (χ3n) is 3.91. The SMILES string of the molecule is CCOc1cc(I)ccc1C(=O)NC12CC(C1)C2. The van der Waals surface area contributed by atoms with E-state index in [1.165, 1.54) is 0 Å². The lowest BCUT2D eigenvalue weighted by molar-refractivity contribution is -0.0439. The molecule has 0 aromatic heterocycles. The number of halogens is 1. The van der Waals surface area contributed by atoms with Crippen molar-refractivity contribution >= 4 is 28.5 Å².